The lowest BCUT2D eigenvalue weighted by molar-refractivity contribution is 0.422. The minimum atomic E-state index is -1.77. The van der Waals surface area contributed by atoms with Gasteiger partial charge in [0.1, 0.15) is 5.82 Å². The molecule has 1 aromatic heterocycles. The van der Waals surface area contributed by atoms with Crippen LogP contribution in [0.15, 0.2) is 12.3 Å². The van der Waals surface area contributed by atoms with Crippen molar-refractivity contribution in [1.29, 1.82) is 0 Å². The fraction of sp³-hybridized carbons (Fsp3) is 0.444. The van der Waals surface area contributed by atoms with E-state index in [-0.39, 0.29) is 5.46 Å². The standard InChI is InChI=1S/C9H13BFNO2/c1-6(2)3-7-4-8(10(13)14)9(11)5-12-7/h4-6,13-14H,3H2,1-2H3. The number of halogens is 1. The predicted octanol–water partition coefficient (Wildman–Crippen LogP) is 0.0990. The molecule has 0 amide bonds. The zero-order valence-electron chi connectivity index (χ0n) is 8.24. The van der Waals surface area contributed by atoms with Gasteiger partial charge in [0.25, 0.3) is 0 Å². The molecule has 1 rings (SSSR count). The summed E-state index contributed by atoms with van der Waals surface area (Å²) in [5.74, 6) is -0.288. The summed E-state index contributed by atoms with van der Waals surface area (Å²) in [5.41, 5.74) is 0.556. The first-order chi connectivity index (χ1) is 6.50. The van der Waals surface area contributed by atoms with Gasteiger partial charge in [0.2, 0.25) is 0 Å². The van der Waals surface area contributed by atoms with Crippen LogP contribution in [0.1, 0.15) is 19.5 Å². The van der Waals surface area contributed by atoms with E-state index in [0.29, 0.717) is 18.0 Å². The molecule has 0 saturated heterocycles. The van der Waals surface area contributed by atoms with Gasteiger partial charge in [-0.25, -0.2) is 4.39 Å². The Morgan fingerprint density at radius 3 is 2.64 bits per heavy atom. The molecule has 0 unspecified atom stereocenters. The third kappa shape index (κ3) is 2.78. The quantitative estimate of drug-likeness (QED) is 0.675. The van der Waals surface area contributed by atoms with Crippen molar-refractivity contribution in [3.63, 3.8) is 0 Å². The normalized spacial score (nSPS) is 10.7. The number of nitrogens with zero attached hydrogens (tertiary/aromatic N) is 1. The van der Waals surface area contributed by atoms with Crippen molar-refractivity contribution in [3.8, 4) is 0 Å². The summed E-state index contributed by atoms with van der Waals surface area (Å²) < 4.78 is 13.0. The van der Waals surface area contributed by atoms with E-state index in [1.165, 1.54) is 6.07 Å². The van der Waals surface area contributed by atoms with Crippen LogP contribution in [-0.2, 0) is 6.42 Å². The molecular weight excluding hydrogens is 184 g/mol. The maximum absolute atomic E-state index is 13.0. The number of hydrogen-bond donors (Lipinski definition) is 2. The molecule has 3 nitrogen and oxygen atoms in total. The number of pyridine rings is 1. The van der Waals surface area contributed by atoms with Gasteiger partial charge in [0.15, 0.2) is 0 Å². The summed E-state index contributed by atoms with van der Waals surface area (Å²) in [6.45, 7) is 4.03. The molecule has 0 saturated carbocycles. The van der Waals surface area contributed by atoms with Crippen molar-refractivity contribution in [3.05, 3.63) is 23.8 Å². The van der Waals surface area contributed by atoms with Gasteiger partial charge in [-0.05, 0) is 18.4 Å². The van der Waals surface area contributed by atoms with E-state index < -0.39 is 12.9 Å². The Bertz CT molecular complexity index is 318. The van der Waals surface area contributed by atoms with E-state index >= 15 is 0 Å². The molecule has 0 atom stereocenters. The second kappa shape index (κ2) is 4.53. The first kappa shape index (κ1) is 11.1. The van der Waals surface area contributed by atoms with Crippen LogP contribution >= 0.6 is 0 Å². The minimum Gasteiger partial charge on any atom is -0.423 e. The molecule has 0 aliphatic carbocycles. The van der Waals surface area contributed by atoms with Crippen LogP contribution in [0.4, 0.5) is 4.39 Å². The van der Waals surface area contributed by atoms with Gasteiger partial charge in [-0.1, -0.05) is 13.8 Å². The van der Waals surface area contributed by atoms with Gasteiger partial charge >= 0.3 is 7.12 Å². The molecular formula is C9H13BFNO2. The van der Waals surface area contributed by atoms with Crippen molar-refractivity contribution in [2.45, 2.75) is 20.3 Å². The van der Waals surface area contributed by atoms with Crippen LogP contribution in [0.5, 0.6) is 0 Å². The molecule has 0 aliphatic heterocycles. The van der Waals surface area contributed by atoms with E-state index in [1.807, 2.05) is 13.8 Å². The van der Waals surface area contributed by atoms with Crippen LogP contribution in [0.3, 0.4) is 0 Å². The van der Waals surface area contributed by atoms with Crippen LogP contribution in [-0.4, -0.2) is 22.2 Å². The van der Waals surface area contributed by atoms with Crippen molar-refractivity contribution in [2.75, 3.05) is 0 Å². The molecule has 0 aromatic carbocycles. The Balaban J connectivity index is 2.94. The van der Waals surface area contributed by atoms with Gasteiger partial charge in [0.05, 0.1) is 6.20 Å². The highest BCUT2D eigenvalue weighted by molar-refractivity contribution is 6.58. The van der Waals surface area contributed by atoms with Crippen LogP contribution in [0.2, 0.25) is 0 Å². The topological polar surface area (TPSA) is 53.4 Å². The molecule has 0 fully saturated rings. The lowest BCUT2D eigenvalue weighted by Gasteiger charge is -2.06. The molecule has 0 spiro atoms. The lowest BCUT2D eigenvalue weighted by atomic mass is 9.80. The SMILES string of the molecule is CC(C)Cc1cc(B(O)O)c(F)cn1. The highest BCUT2D eigenvalue weighted by Crippen LogP contribution is 2.04. The lowest BCUT2D eigenvalue weighted by Crippen LogP contribution is -2.33. The Morgan fingerprint density at radius 2 is 2.14 bits per heavy atom. The zero-order chi connectivity index (χ0) is 10.7. The summed E-state index contributed by atoms with van der Waals surface area (Å²) in [7, 11) is -1.77. The van der Waals surface area contributed by atoms with Crippen molar-refractivity contribution in [1.82, 2.24) is 4.98 Å². The third-order valence-corrected chi connectivity index (χ3v) is 1.84. The first-order valence-corrected chi connectivity index (χ1v) is 4.51. The van der Waals surface area contributed by atoms with Gasteiger partial charge in [-0.15, -0.1) is 0 Å². The van der Waals surface area contributed by atoms with Gasteiger partial charge in [0, 0.05) is 11.2 Å². The largest absolute Gasteiger partial charge is 0.491 e. The molecule has 14 heavy (non-hydrogen) atoms. The van der Waals surface area contributed by atoms with Crippen molar-refractivity contribution in [2.24, 2.45) is 5.92 Å². The second-order valence-electron chi connectivity index (χ2n) is 3.67. The molecule has 2 N–H and O–H groups in total. The molecule has 0 bridgehead atoms. The number of rotatable bonds is 3. The monoisotopic (exact) mass is 197 g/mol. The highest BCUT2D eigenvalue weighted by Gasteiger charge is 2.17. The van der Waals surface area contributed by atoms with Crippen LogP contribution < -0.4 is 5.46 Å². The second-order valence-corrected chi connectivity index (χ2v) is 3.67. The smallest absolute Gasteiger partial charge is 0.423 e. The van der Waals surface area contributed by atoms with E-state index in [2.05, 4.69) is 4.98 Å². The van der Waals surface area contributed by atoms with E-state index in [9.17, 15) is 4.39 Å². The van der Waals surface area contributed by atoms with E-state index in [0.717, 1.165) is 6.20 Å². The Labute approximate surface area is 82.8 Å². The highest BCUT2D eigenvalue weighted by atomic mass is 19.1. The molecule has 1 aromatic rings. The molecule has 1 heterocycles. The van der Waals surface area contributed by atoms with Gasteiger partial charge in [-0.2, -0.15) is 0 Å². The number of hydrogen-bond acceptors (Lipinski definition) is 3. The fourth-order valence-corrected chi connectivity index (χ4v) is 1.23. The van der Waals surface area contributed by atoms with E-state index in [1.54, 1.807) is 0 Å². The Morgan fingerprint density at radius 1 is 1.50 bits per heavy atom. The van der Waals surface area contributed by atoms with Crippen molar-refractivity contribution >= 4 is 12.6 Å². The predicted molar refractivity (Wildman–Crippen MR) is 52.6 cm³/mol. The summed E-state index contributed by atoms with van der Waals surface area (Å²) in [6, 6.07) is 1.39. The molecule has 76 valence electrons. The maximum Gasteiger partial charge on any atom is 0.491 e. The minimum absolute atomic E-state index is 0.115. The molecule has 0 radical (unpaired) electrons. The summed E-state index contributed by atoms with van der Waals surface area (Å²) in [4.78, 5) is 3.86. The molecule has 5 heteroatoms. The van der Waals surface area contributed by atoms with Gasteiger partial charge in [-0.3, -0.25) is 4.98 Å². The fourth-order valence-electron chi connectivity index (χ4n) is 1.23. The maximum atomic E-state index is 13.0. The Kier molecular flexibility index (Phi) is 3.60. The average Bonchev–Trinajstić information content (AvgIpc) is 2.07. The number of aromatic nitrogens is 1. The van der Waals surface area contributed by atoms with Crippen LogP contribution in [0.25, 0.3) is 0 Å². The molecule has 0 aliphatic rings. The first-order valence-electron chi connectivity index (χ1n) is 4.51. The van der Waals surface area contributed by atoms with Crippen molar-refractivity contribution < 1.29 is 14.4 Å². The zero-order valence-corrected chi connectivity index (χ0v) is 8.24. The summed E-state index contributed by atoms with van der Waals surface area (Å²) in [5, 5.41) is 17.7. The van der Waals surface area contributed by atoms with Crippen LogP contribution in [0, 0.1) is 11.7 Å². The summed E-state index contributed by atoms with van der Waals surface area (Å²) in [6.07, 6.45) is 1.71. The Hall–Kier alpha value is -0.935. The average molecular weight is 197 g/mol. The summed E-state index contributed by atoms with van der Waals surface area (Å²) >= 11 is 0. The van der Waals surface area contributed by atoms with E-state index in [4.69, 9.17) is 10.0 Å². The van der Waals surface area contributed by atoms with Gasteiger partial charge < -0.3 is 10.0 Å². The third-order valence-electron chi connectivity index (χ3n) is 1.84.